The van der Waals surface area contributed by atoms with Gasteiger partial charge >= 0.3 is 5.97 Å². The summed E-state index contributed by atoms with van der Waals surface area (Å²) in [6, 6.07) is 7.34. The Bertz CT molecular complexity index is 428. The van der Waals surface area contributed by atoms with E-state index in [-0.39, 0.29) is 5.97 Å². The zero-order chi connectivity index (χ0) is 16.9. The van der Waals surface area contributed by atoms with E-state index in [2.05, 4.69) is 13.8 Å². The van der Waals surface area contributed by atoms with Crippen molar-refractivity contribution in [3.8, 4) is 0 Å². The third-order valence-electron chi connectivity index (χ3n) is 4.23. The van der Waals surface area contributed by atoms with Crippen molar-refractivity contribution in [3.63, 3.8) is 0 Å². The van der Waals surface area contributed by atoms with Crippen LogP contribution in [0.5, 0.6) is 0 Å². The Labute approximate surface area is 146 Å². The van der Waals surface area contributed by atoms with Crippen LogP contribution in [0.25, 0.3) is 0 Å². The Morgan fingerprint density at radius 2 is 1.65 bits per heavy atom. The Kier molecular flexibility index (Phi) is 10.8. The molecule has 0 aromatic heterocycles. The summed E-state index contributed by atoms with van der Waals surface area (Å²) in [5.41, 5.74) is 1.62. The highest BCUT2D eigenvalue weighted by Gasteiger charge is 2.13. The van der Waals surface area contributed by atoms with Crippen molar-refractivity contribution in [3.05, 3.63) is 35.4 Å². The van der Waals surface area contributed by atoms with Crippen LogP contribution in [0.3, 0.4) is 0 Å². The summed E-state index contributed by atoms with van der Waals surface area (Å²) in [6.07, 6.45) is 9.80. The number of carbonyl (C=O) groups is 1. The van der Waals surface area contributed by atoms with Gasteiger partial charge in [0.2, 0.25) is 0 Å². The summed E-state index contributed by atoms with van der Waals surface area (Å²) in [5.74, 6) is 0.741. The van der Waals surface area contributed by atoms with E-state index < -0.39 is 0 Å². The smallest absolute Gasteiger partial charge is 0.338 e. The number of hydrogen-bond donors (Lipinski definition) is 0. The quantitative estimate of drug-likeness (QED) is 0.252. The van der Waals surface area contributed by atoms with Gasteiger partial charge in [0.15, 0.2) is 0 Å². The molecule has 0 bridgehead atoms. The van der Waals surface area contributed by atoms with Crippen LogP contribution in [0, 0.1) is 5.92 Å². The molecule has 0 saturated carbocycles. The van der Waals surface area contributed by atoms with E-state index in [1.165, 1.54) is 44.9 Å². The zero-order valence-corrected chi connectivity index (χ0v) is 15.4. The van der Waals surface area contributed by atoms with Crippen LogP contribution in [0.1, 0.15) is 81.1 Å². The van der Waals surface area contributed by atoms with Gasteiger partial charge in [0.1, 0.15) is 0 Å². The fourth-order valence-corrected chi connectivity index (χ4v) is 2.85. The summed E-state index contributed by atoms with van der Waals surface area (Å²) >= 11 is 5.76. The van der Waals surface area contributed by atoms with E-state index in [1.54, 1.807) is 12.1 Å². The highest BCUT2D eigenvalue weighted by Crippen LogP contribution is 2.18. The number of esters is 1. The van der Waals surface area contributed by atoms with Crippen LogP contribution in [0.15, 0.2) is 24.3 Å². The Balaban J connectivity index is 2.42. The normalized spacial score (nSPS) is 12.1. The van der Waals surface area contributed by atoms with Crippen molar-refractivity contribution in [1.29, 1.82) is 0 Å². The molecule has 23 heavy (non-hydrogen) atoms. The van der Waals surface area contributed by atoms with E-state index in [0.29, 0.717) is 24.0 Å². The molecular formula is C20H31ClO2. The maximum absolute atomic E-state index is 12.1. The van der Waals surface area contributed by atoms with Gasteiger partial charge < -0.3 is 4.74 Å². The second-order valence-corrected chi connectivity index (χ2v) is 6.55. The summed E-state index contributed by atoms with van der Waals surface area (Å²) in [6.45, 7) is 4.98. The van der Waals surface area contributed by atoms with Crippen molar-refractivity contribution in [2.45, 2.75) is 71.1 Å². The van der Waals surface area contributed by atoms with Crippen molar-refractivity contribution in [1.82, 2.24) is 0 Å². The number of alkyl halides is 1. The number of benzene rings is 1. The van der Waals surface area contributed by atoms with E-state index >= 15 is 0 Å². The third kappa shape index (κ3) is 8.41. The van der Waals surface area contributed by atoms with E-state index in [4.69, 9.17) is 16.3 Å². The molecule has 1 unspecified atom stereocenters. The number of rotatable bonds is 12. The number of ether oxygens (including phenoxy) is 1. The molecule has 0 aliphatic carbocycles. The molecule has 0 aliphatic rings. The van der Waals surface area contributed by atoms with Crippen LogP contribution >= 0.6 is 11.6 Å². The molecule has 1 aromatic carbocycles. The van der Waals surface area contributed by atoms with Gasteiger partial charge in [-0.2, -0.15) is 0 Å². The lowest BCUT2D eigenvalue weighted by Gasteiger charge is -2.17. The molecule has 0 aliphatic heterocycles. The van der Waals surface area contributed by atoms with Gasteiger partial charge in [-0.3, -0.25) is 0 Å². The van der Waals surface area contributed by atoms with Crippen LogP contribution in [-0.2, 0) is 10.6 Å². The van der Waals surface area contributed by atoms with Crippen LogP contribution in [-0.4, -0.2) is 12.6 Å². The number of halogens is 1. The van der Waals surface area contributed by atoms with Gasteiger partial charge in [-0.1, -0.05) is 64.5 Å². The predicted octanol–water partition coefficient (Wildman–Crippen LogP) is 6.36. The Morgan fingerprint density at radius 1 is 1.00 bits per heavy atom. The molecule has 1 aromatic rings. The van der Waals surface area contributed by atoms with Gasteiger partial charge in [-0.25, -0.2) is 4.79 Å². The molecule has 0 saturated heterocycles. The van der Waals surface area contributed by atoms with Gasteiger partial charge in [0, 0.05) is 5.88 Å². The summed E-state index contributed by atoms with van der Waals surface area (Å²) < 4.78 is 5.55. The first-order chi connectivity index (χ1) is 11.2. The predicted molar refractivity (Wildman–Crippen MR) is 98.1 cm³/mol. The molecular weight excluding hydrogens is 308 g/mol. The van der Waals surface area contributed by atoms with Gasteiger partial charge in [0.05, 0.1) is 12.2 Å². The van der Waals surface area contributed by atoms with E-state index in [0.717, 1.165) is 12.0 Å². The lowest BCUT2D eigenvalue weighted by molar-refractivity contribution is 0.0422. The van der Waals surface area contributed by atoms with Crippen LogP contribution in [0.2, 0.25) is 0 Å². The maximum Gasteiger partial charge on any atom is 0.338 e. The highest BCUT2D eigenvalue weighted by atomic mass is 35.5. The number of carbonyl (C=O) groups excluding carboxylic acids is 1. The monoisotopic (exact) mass is 338 g/mol. The van der Waals surface area contributed by atoms with Crippen molar-refractivity contribution in [2.75, 3.05) is 6.61 Å². The van der Waals surface area contributed by atoms with E-state index in [9.17, 15) is 4.79 Å². The minimum Gasteiger partial charge on any atom is -0.462 e. The largest absolute Gasteiger partial charge is 0.462 e. The molecule has 2 nitrogen and oxygen atoms in total. The molecule has 0 radical (unpaired) electrons. The molecule has 0 fully saturated rings. The van der Waals surface area contributed by atoms with Gasteiger partial charge in [-0.05, 0) is 36.5 Å². The fraction of sp³-hybridized carbons (Fsp3) is 0.650. The topological polar surface area (TPSA) is 26.3 Å². The molecule has 0 heterocycles. The highest BCUT2D eigenvalue weighted by molar-refractivity contribution is 6.17. The molecule has 0 spiro atoms. The minimum atomic E-state index is -0.221. The second kappa shape index (κ2) is 12.4. The third-order valence-corrected chi connectivity index (χ3v) is 4.53. The van der Waals surface area contributed by atoms with Crippen molar-refractivity contribution < 1.29 is 9.53 Å². The molecule has 3 heteroatoms. The molecule has 130 valence electrons. The lowest BCUT2D eigenvalue weighted by Crippen LogP contribution is -2.15. The SMILES string of the molecule is CCCCCCC(CCCC)COC(=O)c1ccc(CCl)cc1. The zero-order valence-electron chi connectivity index (χ0n) is 14.7. The molecule has 1 rings (SSSR count). The maximum atomic E-state index is 12.1. The Hall–Kier alpha value is -1.02. The van der Waals surface area contributed by atoms with Gasteiger partial charge in [-0.15, -0.1) is 11.6 Å². The number of unbranched alkanes of at least 4 members (excludes halogenated alkanes) is 4. The van der Waals surface area contributed by atoms with Crippen LogP contribution in [0.4, 0.5) is 0 Å². The second-order valence-electron chi connectivity index (χ2n) is 6.29. The average Bonchev–Trinajstić information content (AvgIpc) is 2.60. The standard InChI is InChI=1S/C20H31ClO2/c1-3-5-7-8-10-18(9-6-4-2)16-23-20(22)19-13-11-17(15-21)12-14-19/h11-14,18H,3-10,15-16H2,1-2H3. The molecule has 0 amide bonds. The average molecular weight is 339 g/mol. The molecule has 1 atom stereocenters. The lowest BCUT2D eigenvalue weighted by atomic mass is 9.96. The van der Waals surface area contributed by atoms with Crippen molar-refractivity contribution in [2.24, 2.45) is 5.92 Å². The first-order valence-corrected chi connectivity index (χ1v) is 9.56. The summed E-state index contributed by atoms with van der Waals surface area (Å²) in [4.78, 5) is 12.1. The van der Waals surface area contributed by atoms with E-state index in [1.807, 2.05) is 12.1 Å². The molecule has 0 N–H and O–H groups in total. The first kappa shape index (κ1) is 20.0. The summed E-state index contributed by atoms with van der Waals surface area (Å²) in [5, 5.41) is 0. The Morgan fingerprint density at radius 3 is 2.26 bits per heavy atom. The van der Waals surface area contributed by atoms with Crippen molar-refractivity contribution >= 4 is 17.6 Å². The fourth-order valence-electron chi connectivity index (χ4n) is 2.67. The minimum absolute atomic E-state index is 0.221. The number of hydrogen-bond acceptors (Lipinski definition) is 2. The van der Waals surface area contributed by atoms with Gasteiger partial charge in [0.25, 0.3) is 0 Å². The van der Waals surface area contributed by atoms with Crippen LogP contribution < -0.4 is 0 Å². The summed E-state index contributed by atoms with van der Waals surface area (Å²) in [7, 11) is 0. The first-order valence-electron chi connectivity index (χ1n) is 9.03.